The molecule has 1 aliphatic heterocycles. The number of amides is 1. The van der Waals surface area contributed by atoms with Gasteiger partial charge < -0.3 is 14.4 Å². The first-order chi connectivity index (χ1) is 16.6. The minimum atomic E-state index is 0.0343. The number of carbonyl (C=O) groups excluding carboxylic acids is 1. The van der Waals surface area contributed by atoms with Crippen molar-refractivity contribution >= 4 is 5.91 Å². The van der Waals surface area contributed by atoms with Gasteiger partial charge in [0.15, 0.2) is 0 Å². The molecule has 0 unspecified atom stereocenters. The van der Waals surface area contributed by atoms with E-state index in [0.717, 1.165) is 48.3 Å². The molecule has 1 amide bonds. The van der Waals surface area contributed by atoms with Crippen molar-refractivity contribution in [2.75, 3.05) is 13.1 Å². The average Bonchev–Trinajstić information content (AvgIpc) is 3.56. The Balaban J connectivity index is 1.08. The van der Waals surface area contributed by atoms with Gasteiger partial charge in [0, 0.05) is 36.1 Å². The number of carbonyl (C=O) groups is 1. The van der Waals surface area contributed by atoms with Crippen LogP contribution in [0.3, 0.4) is 0 Å². The van der Waals surface area contributed by atoms with Gasteiger partial charge in [-0.3, -0.25) is 9.69 Å². The zero-order valence-electron chi connectivity index (χ0n) is 19.2. The van der Waals surface area contributed by atoms with Crippen LogP contribution in [-0.4, -0.2) is 43.6 Å². The van der Waals surface area contributed by atoms with Gasteiger partial charge in [-0.1, -0.05) is 41.1 Å². The molecule has 0 atom stereocenters. The van der Waals surface area contributed by atoms with Crippen molar-refractivity contribution in [2.45, 2.75) is 32.9 Å². The average molecular weight is 457 g/mol. The molecule has 0 spiro atoms. The first kappa shape index (κ1) is 22.0. The molecule has 8 heteroatoms. The number of aromatic nitrogens is 4. The smallest absolute Gasteiger partial charge is 0.241 e. The number of rotatable bonds is 7. The molecule has 1 aliphatic rings. The minimum Gasteiger partial charge on any atom is -0.352 e. The second-order valence-corrected chi connectivity index (χ2v) is 8.79. The number of likely N-dealkylation sites (tertiary alicyclic amines) is 1. The first-order valence-electron chi connectivity index (χ1n) is 11.6. The lowest BCUT2D eigenvalue weighted by Gasteiger charge is -2.30. The summed E-state index contributed by atoms with van der Waals surface area (Å²) in [6, 6.07) is 16.2. The highest BCUT2D eigenvalue weighted by Gasteiger charge is 2.26. The lowest BCUT2D eigenvalue weighted by molar-refractivity contribution is -0.126. The van der Waals surface area contributed by atoms with Gasteiger partial charge in [-0.2, -0.15) is 4.98 Å². The van der Waals surface area contributed by atoms with E-state index in [4.69, 9.17) is 4.52 Å². The minimum absolute atomic E-state index is 0.0343. The Morgan fingerprint density at radius 2 is 1.97 bits per heavy atom. The van der Waals surface area contributed by atoms with Crippen LogP contribution < -0.4 is 5.32 Å². The van der Waals surface area contributed by atoms with Gasteiger partial charge in [-0.25, -0.2) is 4.98 Å². The maximum atomic E-state index is 12.7. The largest absolute Gasteiger partial charge is 0.352 e. The van der Waals surface area contributed by atoms with Crippen LogP contribution in [0.1, 0.15) is 29.9 Å². The molecular formula is C26H28N6O2. The molecule has 4 aromatic rings. The molecule has 34 heavy (non-hydrogen) atoms. The standard InChI is InChI=1S/C26H28N6O2/c1-19-3-2-4-22(15-19)25-29-24(34-30-25)17-31-12-9-21(10-13-31)26(33)28-16-20-5-7-23(8-6-20)32-14-11-27-18-32/h2-8,11,14-15,18,21H,9-10,12-13,16-17H2,1H3,(H,28,33). The van der Waals surface area contributed by atoms with Crippen molar-refractivity contribution in [3.05, 3.63) is 84.3 Å². The fourth-order valence-corrected chi connectivity index (χ4v) is 4.30. The molecule has 5 rings (SSSR count). The summed E-state index contributed by atoms with van der Waals surface area (Å²) in [7, 11) is 0. The van der Waals surface area contributed by atoms with Crippen molar-refractivity contribution in [2.24, 2.45) is 5.92 Å². The number of benzene rings is 2. The molecule has 2 aromatic heterocycles. The van der Waals surface area contributed by atoms with E-state index in [2.05, 4.69) is 25.3 Å². The third-order valence-electron chi connectivity index (χ3n) is 6.27. The summed E-state index contributed by atoms with van der Waals surface area (Å²) >= 11 is 0. The molecule has 0 saturated carbocycles. The Bertz CT molecular complexity index is 1220. The van der Waals surface area contributed by atoms with Crippen molar-refractivity contribution in [1.29, 1.82) is 0 Å². The number of hydrogen-bond donors (Lipinski definition) is 1. The van der Waals surface area contributed by atoms with E-state index in [1.165, 1.54) is 0 Å². The van der Waals surface area contributed by atoms with Crippen LogP contribution >= 0.6 is 0 Å². The fraction of sp³-hybridized carbons (Fsp3) is 0.308. The molecule has 1 fully saturated rings. The van der Waals surface area contributed by atoms with Gasteiger partial charge in [0.25, 0.3) is 0 Å². The Kier molecular flexibility index (Phi) is 6.49. The highest BCUT2D eigenvalue weighted by atomic mass is 16.5. The Morgan fingerprint density at radius 3 is 2.71 bits per heavy atom. The second kappa shape index (κ2) is 10.0. The zero-order valence-corrected chi connectivity index (χ0v) is 19.2. The first-order valence-corrected chi connectivity index (χ1v) is 11.6. The van der Waals surface area contributed by atoms with Crippen molar-refractivity contribution in [3.63, 3.8) is 0 Å². The summed E-state index contributed by atoms with van der Waals surface area (Å²) in [5, 5.41) is 7.22. The SMILES string of the molecule is Cc1cccc(-c2noc(CN3CCC(C(=O)NCc4ccc(-n5ccnc5)cc4)CC3)n2)c1. The maximum Gasteiger partial charge on any atom is 0.241 e. The van der Waals surface area contributed by atoms with Gasteiger partial charge in [0.05, 0.1) is 12.9 Å². The number of aryl methyl sites for hydroxylation is 1. The predicted molar refractivity (Wildman–Crippen MR) is 128 cm³/mol. The summed E-state index contributed by atoms with van der Waals surface area (Å²) in [5.41, 5.74) is 4.25. The summed E-state index contributed by atoms with van der Waals surface area (Å²) in [6.07, 6.45) is 7.08. The van der Waals surface area contributed by atoms with Gasteiger partial charge in [-0.05, 0) is 56.6 Å². The van der Waals surface area contributed by atoms with E-state index in [1.807, 2.05) is 66.2 Å². The third-order valence-corrected chi connectivity index (χ3v) is 6.27. The Morgan fingerprint density at radius 1 is 1.15 bits per heavy atom. The normalized spacial score (nSPS) is 14.9. The topological polar surface area (TPSA) is 89.1 Å². The molecule has 0 aliphatic carbocycles. The predicted octanol–water partition coefficient (Wildman–Crippen LogP) is 3.76. The van der Waals surface area contributed by atoms with Crippen molar-refractivity contribution in [3.8, 4) is 17.1 Å². The molecule has 3 heterocycles. The van der Waals surface area contributed by atoms with Crippen molar-refractivity contribution < 1.29 is 9.32 Å². The molecule has 1 saturated heterocycles. The van der Waals surface area contributed by atoms with Gasteiger partial charge in [-0.15, -0.1) is 0 Å². The molecule has 0 bridgehead atoms. The molecule has 174 valence electrons. The maximum absolute atomic E-state index is 12.7. The summed E-state index contributed by atoms with van der Waals surface area (Å²) in [6.45, 7) is 4.85. The number of nitrogens with one attached hydrogen (secondary N) is 1. The number of nitrogens with zero attached hydrogens (tertiary/aromatic N) is 5. The van der Waals surface area contributed by atoms with Crippen LogP contribution in [0.15, 0.2) is 71.8 Å². The van der Waals surface area contributed by atoms with E-state index >= 15 is 0 Å². The number of imidazole rings is 1. The summed E-state index contributed by atoms with van der Waals surface area (Å²) in [5.74, 6) is 1.38. The summed E-state index contributed by atoms with van der Waals surface area (Å²) < 4.78 is 7.42. The molecular weight excluding hydrogens is 428 g/mol. The molecule has 8 nitrogen and oxygen atoms in total. The molecule has 1 N–H and O–H groups in total. The molecule has 2 aromatic carbocycles. The van der Waals surface area contributed by atoms with Gasteiger partial charge in [0.1, 0.15) is 0 Å². The monoisotopic (exact) mass is 456 g/mol. The highest BCUT2D eigenvalue weighted by molar-refractivity contribution is 5.78. The van der Waals surface area contributed by atoms with E-state index in [-0.39, 0.29) is 11.8 Å². The lowest BCUT2D eigenvalue weighted by atomic mass is 9.96. The number of piperidine rings is 1. The lowest BCUT2D eigenvalue weighted by Crippen LogP contribution is -2.40. The summed E-state index contributed by atoms with van der Waals surface area (Å²) in [4.78, 5) is 23.6. The number of hydrogen-bond acceptors (Lipinski definition) is 6. The van der Waals surface area contributed by atoms with Gasteiger partial charge >= 0.3 is 0 Å². The van der Waals surface area contributed by atoms with Gasteiger partial charge in [0.2, 0.25) is 17.6 Å². The van der Waals surface area contributed by atoms with Crippen LogP contribution in [0.2, 0.25) is 0 Å². The van der Waals surface area contributed by atoms with E-state index in [1.54, 1.807) is 12.5 Å². The Hall–Kier alpha value is -3.78. The van der Waals surface area contributed by atoms with Crippen LogP contribution in [0, 0.1) is 12.8 Å². The zero-order chi connectivity index (χ0) is 23.3. The molecule has 0 radical (unpaired) electrons. The highest BCUT2D eigenvalue weighted by Crippen LogP contribution is 2.21. The third kappa shape index (κ3) is 5.23. The van der Waals surface area contributed by atoms with Crippen LogP contribution in [0.25, 0.3) is 17.1 Å². The van der Waals surface area contributed by atoms with Crippen LogP contribution in [0.5, 0.6) is 0 Å². The van der Waals surface area contributed by atoms with Crippen molar-refractivity contribution in [1.82, 2.24) is 29.9 Å². The van der Waals surface area contributed by atoms with E-state index in [0.29, 0.717) is 24.8 Å². The van der Waals surface area contributed by atoms with E-state index in [9.17, 15) is 4.79 Å². The van der Waals surface area contributed by atoms with Crippen LogP contribution in [0.4, 0.5) is 0 Å². The quantitative estimate of drug-likeness (QED) is 0.456. The van der Waals surface area contributed by atoms with E-state index < -0.39 is 0 Å². The second-order valence-electron chi connectivity index (χ2n) is 8.79. The van der Waals surface area contributed by atoms with Crippen LogP contribution in [-0.2, 0) is 17.9 Å². The Labute approximate surface area is 198 Å². The fourth-order valence-electron chi connectivity index (χ4n) is 4.30.